The van der Waals surface area contributed by atoms with E-state index in [0.29, 0.717) is 19.3 Å². The average Bonchev–Trinajstić information content (AvgIpc) is 3.30. The molecule has 0 rings (SSSR count). The largest absolute Gasteiger partial charge is 0.462 e. The third-order valence-corrected chi connectivity index (χ3v) is 11.9. The molecule has 0 fully saturated rings. The Hall–Kier alpha value is -2.89. The van der Waals surface area contributed by atoms with Crippen LogP contribution in [-0.2, 0) is 28.6 Å². The van der Waals surface area contributed by atoms with Gasteiger partial charge in [-0.1, -0.05) is 216 Å². The maximum atomic E-state index is 12.8. The minimum atomic E-state index is -0.787. The molecule has 0 aromatic carbocycles. The summed E-state index contributed by atoms with van der Waals surface area (Å²) < 4.78 is 16.8. The molecule has 376 valence electrons. The van der Waals surface area contributed by atoms with E-state index in [2.05, 4.69) is 81.5 Å². The highest BCUT2D eigenvalue weighted by molar-refractivity contribution is 5.71. The minimum absolute atomic E-state index is 0.0849. The van der Waals surface area contributed by atoms with Crippen molar-refractivity contribution in [2.24, 2.45) is 0 Å². The molecular formula is C59H104O6. The van der Waals surface area contributed by atoms with E-state index < -0.39 is 6.10 Å². The summed E-state index contributed by atoms with van der Waals surface area (Å²) in [6, 6.07) is 0. The summed E-state index contributed by atoms with van der Waals surface area (Å²) in [7, 11) is 0. The zero-order chi connectivity index (χ0) is 47.2. The van der Waals surface area contributed by atoms with Gasteiger partial charge in [0.05, 0.1) is 0 Å². The molecule has 0 saturated carbocycles. The van der Waals surface area contributed by atoms with Gasteiger partial charge in [0.25, 0.3) is 0 Å². The fraction of sp³-hybridized carbons (Fsp3) is 0.780. The van der Waals surface area contributed by atoms with Crippen molar-refractivity contribution in [2.45, 2.75) is 284 Å². The molecule has 0 N–H and O–H groups in total. The van der Waals surface area contributed by atoms with Crippen LogP contribution < -0.4 is 0 Å². The van der Waals surface area contributed by atoms with Crippen LogP contribution in [0.5, 0.6) is 0 Å². The monoisotopic (exact) mass is 909 g/mol. The summed E-state index contributed by atoms with van der Waals surface area (Å²) in [6.45, 7) is 6.54. The Morgan fingerprint density at radius 2 is 0.585 bits per heavy atom. The van der Waals surface area contributed by atoms with Gasteiger partial charge in [0.15, 0.2) is 6.10 Å². The number of hydrogen-bond donors (Lipinski definition) is 0. The first kappa shape index (κ1) is 62.1. The minimum Gasteiger partial charge on any atom is -0.462 e. The molecule has 0 radical (unpaired) electrons. The van der Waals surface area contributed by atoms with Crippen molar-refractivity contribution in [2.75, 3.05) is 13.2 Å². The second kappa shape index (κ2) is 53.7. The fourth-order valence-corrected chi connectivity index (χ4v) is 7.74. The first-order valence-corrected chi connectivity index (χ1v) is 27.8. The van der Waals surface area contributed by atoms with E-state index in [1.165, 1.54) is 128 Å². The van der Waals surface area contributed by atoms with Crippen LogP contribution >= 0.6 is 0 Å². The molecule has 0 aliphatic carbocycles. The average molecular weight is 909 g/mol. The molecule has 0 aromatic rings. The third-order valence-electron chi connectivity index (χ3n) is 11.9. The fourth-order valence-electron chi connectivity index (χ4n) is 7.74. The molecule has 0 aliphatic rings. The van der Waals surface area contributed by atoms with Crippen molar-refractivity contribution in [3.05, 3.63) is 60.8 Å². The highest BCUT2D eigenvalue weighted by atomic mass is 16.6. The van der Waals surface area contributed by atoms with Gasteiger partial charge in [-0.25, -0.2) is 0 Å². The lowest BCUT2D eigenvalue weighted by Crippen LogP contribution is -2.30. The van der Waals surface area contributed by atoms with Crippen LogP contribution in [-0.4, -0.2) is 37.2 Å². The zero-order valence-corrected chi connectivity index (χ0v) is 43.0. The Morgan fingerprint density at radius 1 is 0.308 bits per heavy atom. The first-order valence-electron chi connectivity index (χ1n) is 27.8. The normalized spacial score (nSPS) is 12.5. The van der Waals surface area contributed by atoms with E-state index in [0.717, 1.165) is 109 Å². The van der Waals surface area contributed by atoms with Gasteiger partial charge in [-0.3, -0.25) is 14.4 Å². The summed E-state index contributed by atoms with van der Waals surface area (Å²) in [6.07, 6.45) is 66.3. The van der Waals surface area contributed by atoms with Gasteiger partial charge in [-0.15, -0.1) is 0 Å². The maximum Gasteiger partial charge on any atom is 0.306 e. The molecule has 0 aromatic heterocycles. The lowest BCUT2D eigenvalue weighted by atomic mass is 10.1. The quantitative estimate of drug-likeness (QED) is 0.0262. The van der Waals surface area contributed by atoms with E-state index in [1.54, 1.807) is 0 Å². The van der Waals surface area contributed by atoms with Crippen molar-refractivity contribution < 1.29 is 28.6 Å². The standard InChI is InChI=1S/C59H104O6/c1-4-7-10-13-16-19-22-25-27-28-29-30-32-34-37-40-43-46-49-52-58(61)64-55-56(54-63-57(60)51-48-45-42-39-36-33-24-21-18-15-12-9-6-3)65-59(62)53-50-47-44-41-38-35-31-26-23-20-17-14-11-8-5-2/h12,15,17,20-21,24-27,31,56H,4-11,13-14,16,18-19,22-23,28-30,32-55H2,1-3H3/b15-12-,20-17-,24-21-,27-25-,31-26-. The summed E-state index contributed by atoms with van der Waals surface area (Å²) in [5, 5.41) is 0. The number of rotatable bonds is 50. The smallest absolute Gasteiger partial charge is 0.306 e. The van der Waals surface area contributed by atoms with Crippen molar-refractivity contribution in [3.63, 3.8) is 0 Å². The summed E-state index contributed by atoms with van der Waals surface area (Å²) in [5.74, 6) is -0.908. The highest BCUT2D eigenvalue weighted by Crippen LogP contribution is 2.15. The first-order chi connectivity index (χ1) is 32.0. The summed E-state index contributed by atoms with van der Waals surface area (Å²) >= 11 is 0. The van der Waals surface area contributed by atoms with Gasteiger partial charge in [0.2, 0.25) is 0 Å². The van der Waals surface area contributed by atoms with Crippen LogP contribution in [0.3, 0.4) is 0 Å². The topological polar surface area (TPSA) is 78.9 Å². The van der Waals surface area contributed by atoms with E-state index in [9.17, 15) is 14.4 Å². The van der Waals surface area contributed by atoms with E-state index >= 15 is 0 Å². The molecule has 1 atom stereocenters. The second-order valence-corrected chi connectivity index (χ2v) is 18.5. The maximum absolute atomic E-state index is 12.8. The van der Waals surface area contributed by atoms with E-state index in [-0.39, 0.29) is 31.1 Å². The molecule has 0 saturated heterocycles. The number of allylic oxidation sites excluding steroid dienone is 10. The predicted molar refractivity (Wildman–Crippen MR) is 279 cm³/mol. The number of carbonyl (C=O) groups is 3. The lowest BCUT2D eigenvalue weighted by molar-refractivity contribution is -0.167. The number of esters is 3. The third kappa shape index (κ3) is 51.9. The van der Waals surface area contributed by atoms with Crippen molar-refractivity contribution in [1.82, 2.24) is 0 Å². The molecule has 0 spiro atoms. The van der Waals surface area contributed by atoms with Crippen LogP contribution in [0.15, 0.2) is 60.8 Å². The molecule has 0 bridgehead atoms. The number of carbonyl (C=O) groups excluding carboxylic acids is 3. The molecule has 1 unspecified atom stereocenters. The number of hydrogen-bond acceptors (Lipinski definition) is 6. The van der Waals surface area contributed by atoms with E-state index in [1.807, 2.05) is 0 Å². The molecule has 65 heavy (non-hydrogen) atoms. The van der Waals surface area contributed by atoms with Gasteiger partial charge < -0.3 is 14.2 Å². The zero-order valence-electron chi connectivity index (χ0n) is 43.0. The van der Waals surface area contributed by atoms with E-state index in [4.69, 9.17) is 14.2 Å². The van der Waals surface area contributed by atoms with Gasteiger partial charge in [-0.05, 0) is 103 Å². The number of unbranched alkanes of at least 4 members (excludes halogenated alkanes) is 29. The van der Waals surface area contributed by atoms with Gasteiger partial charge in [0.1, 0.15) is 13.2 Å². The molecule has 0 amide bonds. The van der Waals surface area contributed by atoms with Gasteiger partial charge in [0, 0.05) is 19.3 Å². The van der Waals surface area contributed by atoms with Gasteiger partial charge >= 0.3 is 17.9 Å². The lowest BCUT2D eigenvalue weighted by Gasteiger charge is -2.18. The van der Waals surface area contributed by atoms with Crippen molar-refractivity contribution in [1.29, 1.82) is 0 Å². The molecule has 6 nitrogen and oxygen atoms in total. The van der Waals surface area contributed by atoms with Crippen molar-refractivity contribution in [3.8, 4) is 0 Å². The van der Waals surface area contributed by atoms with Crippen LogP contribution in [0.2, 0.25) is 0 Å². The molecule has 0 aliphatic heterocycles. The Labute approximate surface area is 402 Å². The second-order valence-electron chi connectivity index (χ2n) is 18.5. The Kier molecular flexibility index (Phi) is 51.3. The van der Waals surface area contributed by atoms with Crippen LogP contribution in [0, 0.1) is 0 Å². The molecule has 6 heteroatoms. The van der Waals surface area contributed by atoms with Crippen LogP contribution in [0.4, 0.5) is 0 Å². The van der Waals surface area contributed by atoms with Crippen molar-refractivity contribution >= 4 is 17.9 Å². The molecular weight excluding hydrogens is 805 g/mol. The van der Waals surface area contributed by atoms with Crippen LogP contribution in [0.25, 0.3) is 0 Å². The SMILES string of the molecule is CCC/C=C\C/C=C\CCCCCCCC(=O)OCC(COC(=O)CCCCCCCCCCC/C=C\CCCCCCCC)OC(=O)CCCCCCC/C=C\C/C=C\CCCCC. The summed E-state index contributed by atoms with van der Waals surface area (Å²) in [4.78, 5) is 38.1. The Balaban J connectivity index is 4.37. The predicted octanol–water partition coefficient (Wildman–Crippen LogP) is 18.4. The highest BCUT2D eigenvalue weighted by Gasteiger charge is 2.19. The Morgan fingerprint density at radius 3 is 0.954 bits per heavy atom. The van der Waals surface area contributed by atoms with Gasteiger partial charge in [-0.2, -0.15) is 0 Å². The molecule has 0 heterocycles. The summed E-state index contributed by atoms with van der Waals surface area (Å²) in [5.41, 5.74) is 0. The van der Waals surface area contributed by atoms with Crippen LogP contribution in [0.1, 0.15) is 278 Å². The Bertz CT molecular complexity index is 1180. The number of ether oxygens (including phenoxy) is 3.